The predicted octanol–water partition coefficient (Wildman–Crippen LogP) is 1.34. The van der Waals surface area contributed by atoms with E-state index in [9.17, 15) is 14.4 Å². The zero-order valence-electron chi connectivity index (χ0n) is 7.85. The van der Waals surface area contributed by atoms with Crippen molar-refractivity contribution in [1.82, 2.24) is 0 Å². The Morgan fingerprint density at radius 1 is 0.857 bits per heavy atom. The highest BCUT2D eigenvalue weighted by molar-refractivity contribution is 5.95. The standard InChI is InChI=1S/C9H10O5/c1-3-5-7(10)13-9(12)14-8(11)6-4-2/h3-6H,1-2H3/b5-3+,6-4+. The quantitative estimate of drug-likeness (QED) is 0.380. The summed E-state index contributed by atoms with van der Waals surface area (Å²) in [6.45, 7) is 3.16. The summed E-state index contributed by atoms with van der Waals surface area (Å²) in [7, 11) is 0. The lowest BCUT2D eigenvalue weighted by Crippen LogP contribution is -2.15. The van der Waals surface area contributed by atoms with Crippen molar-refractivity contribution in [2.45, 2.75) is 13.8 Å². The van der Waals surface area contributed by atoms with Gasteiger partial charge in [0.15, 0.2) is 0 Å². The van der Waals surface area contributed by atoms with E-state index in [2.05, 4.69) is 9.47 Å². The minimum absolute atomic E-state index is 0.884. The number of ether oxygens (including phenoxy) is 2. The van der Waals surface area contributed by atoms with Crippen LogP contribution in [0, 0.1) is 0 Å². The molecule has 5 nitrogen and oxygen atoms in total. The predicted molar refractivity (Wildman–Crippen MR) is 47.2 cm³/mol. The average molecular weight is 198 g/mol. The van der Waals surface area contributed by atoms with E-state index in [1.165, 1.54) is 12.2 Å². The van der Waals surface area contributed by atoms with E-state index in [1.54, 1.807) is 13.8 Å². The molecule has 0 aliphatic carbocycles. The molecule has 0 amide bonds. The molecule has 0 aliphatic rings. The molecule has 76 valence electrons. The lowest BCUT2D eigenvalue weighted by Gasteiger charge is -1.97. The molecule has 0 unspecified atom stereocenters. The number of hydrogen-bond donors (Lipinski definition) is 0. The minimum Gasteiger partial charge on any atom is -0.357 e. The molecule has 0 spiro atoms. The van der Waals surface area contributed by atoms with Gasteiger partial charge in [0.1, 0.15) is 0 Å². The van der Waals surface area contributed by atoms with Gasteiger partial charge < -0.3 is 9.47 Å². The van der Waals surface area contributed by atoms with Crippen LogP contribution in [0.4, 0.5) is 4.79 Å². The van der Waals surface area contributed by atoms with Crippen LogP contribution in [-0.4, -0.2) is 18.1 Å². The Bertz CT molecular complexity index is 260. The van der Waals surface area contributed by atoms with Crippen LogP contribution >= 0.6 is 0 Å². The minimum atomic E-state index is -1.34. The number of allylic oxidation sites excluding steroid dienone is 2. The van der Waals surface area contributed by atoms with Gasteiger partial charge in [-0.25, -0.2) is 14.4 Å². The van der Waals surface area contributed by atoms with Gasteiger partial charge in [-0.1, -0.05) is 12.2 Å². The summed E-state index contributed by atoms with van der Waals surface area (Å²) in [6, 6.07) is 0. The number of hydrogen-bond acceptors (Lipinski definition) is 5. The Morgan fingerprint density at radius 2 is 1.21 bits per heavy atom. The van der Waals surface area contributed by atoms with Crippen LogP contribution in [0.2, 0.25) is 0 Å². The van der Waals surface area contributed by atoms with Gasteiger partial charge in [-0.05, 0) is 13.8 Å². The van der Waals surface area contributed by atoms with Gasteiger partial charge in [0.2, 0.25) is 0 Å². The molecule has 14 heavy (non-hydrogen) atoms. The van der Waals surface area contributed by atoms with Gasteiger partial charge >= 0.3 is 18.1 Å². The maximum atomic E-state index is 10.7. The number of carbonyl (C=O) groups excluding carboxylic acids is 3. The van der Waals surface area contributed by atoms with Crippen LogP contribution in [0.15, 0.2) is 24.3 Å². The second kappa shape index (κ2) is 6.59. The van der Waals surface area contributed by atoms with Crippen molar-refractivity contribution >= 4 is 18.1 Å². The molecule has 0 aliphatic heterocycles. The van der Waals surface area contributed by atoms with E-state index in [1.807, 2.05) is 0 Å². The summed E-state index contributed by atoms with van der Waals surface area (Å²) >= 11 is 0. The summed E-state index contributed by atoms with van der Waals surface area (Å²) in [5.74, 6) is -1.77. The van der Waals surface area contributed by atoms with Crippen molar-refractivity contribution in [3.63, 3.8) is 0 Å². The van der Waals surface area contributed by atoms with Gasteiger partial charge in [0.25, 0.3) is 0 Å². The molecule has 0 bridgehead atoms. The van der Waals surface area contributed by atoms with E-state index in [4.69, 9.17) is 0 Å². The SMILES string of the molecule is C/C=C/C(=O)OC(=O)OC(=O)/C=C/C. The summed E-state index contributed by atoms with van der Waals surface area (Å²) in [5, 5.41) is 0. The first-order chi connectivity index (χ1) is 6.60. The fraction of sp³-hybridized carbons (Fsp3) is 0.222. The Kier molecular flexibility index (Phi) is 5.69. The first-order valence-corrected chi connectivity index (χ1v) is 3.83. The van der Waals surface area contributed by atoms with Gasteiger partial charge in [-0.3, -0.25) is 0 Å². The highest BCUT2D eigenvalue weighted by Gasteiger charge is 2.11. The molecule has 0 aromatic carbocycles. The summed E-state index contributed by atoms with van der Waals surface area (Å²) in [5.41, 5.74) is 0. The molecule has 0 radical (unpaired) electrons. The fourth-order valence-electron chi connectivity index (χ4n) is 0.525. The largest absolute Gasteiger partial charge is 0.524 e. The van der Waals surface area contributed by atoms with Crippen molar-refractivity contribution in [2.24, 2.45) is 0 Å². The van der Waals surface area contributed by atoms with E-state index in [0.717, 1.165) is 12.2 Å². The lowest BCUT2D eigenvalue weighted by atomic mass is 10.5. The van der Waals surface area contributed by atoms with Gasteiger partial charge in [-0.2, -0.15) is 0 Å². The molecular weight excluding hydrogens is 188 g/mol. The Hall–Kier alpha value is -1.91. The third-order valence-electron chi connectivity index (χ3n) is 0.973. The topological polar surface area (TPSA) is 69.7 Å². The second-order valence-corrected chi connectivity index (χ2v) is 2.09. The fourth-order valence-corrected chi connectivity index (χ4v) is 0.525. The maximum absolute atomic E-state index is 10.7. The molecule has 0 N–H and O–H groups in total. The monoisotopic (exact) mass is 198 g/mol. The van der Waals surface area contributed by atoms with Crippen LogP contribution in [0.25, 0.3) is 0 Å². The zero-order valence-corrected chi connectivity index (χ0v) is 7.85. The van der Waals surface area contributed by atoms with E-state index in [-0.39, 0.29) is 0 Å². The Morgan fingerprint density at radius 3 is 1.50 bits per heavy atom. The van der Waals surface area contributed by atoms with Gasteiger partial charge in [0.05, 0.1) is 0 Å². The molecule has 0 saturated heterocycles. The molecular formula is C9H10O5. The van der Waals surface area contributed by atoms with Crippen LogP contribution < -0.4 is 0 Å². The maximum Gasteiger partial charge on any atom is 0.524 e. The van der Waals surface area contributed by atoms with Crippen molar-refractivity contribution < 1.29 is 23.9 Å². The van der Waals surface area contributed by atoms with Crippen LogP contribution in [0.1, 0.15) is 13.8 Å². The lowest BCUT2D eigenvalue weighted by molar-refractivity contribution is -0.140. The number of rotatable bonds is 2. The molecule has 0 rings (SSSR count). The van der Waals surface area contributed by atoms with Gasteiger partial charge in [-0.15, -0.1) is 0 Å². The third-order valence-corrected chi connectivity index (χ3v) is 0.973. The number of esters is 2. The zero-order chi connectivity index (χ0) is 11.0. The Balaban J connectivity index is 3.99. The molecule has 5 heteroatoms. The molecule has 0 heterocycles. The van der Waals surface area contributed by atoms with Crippen LogP contribution in [0.3, 0.4) is 0 Å². The average Bonchev–Trinajstić information content (AvgIpc) is 2.03. The van der Waals surface area contributed by atoms with E-state index >= 15 is 0 Å². The molecule has 0 fully saturated rings. The summed E-state index contributed by atoms with van der Waals surface area (Å²) < 4.78 is 8.13. The van der Waals surface area contributed by atoms with Crippen LogP contribution in [0.5, 0.6) is 0 Å². The third kappa shape index (κ3) is 5.70. The molecule has 0 atom stereocenters. The second-order valence-electron chi connectivity index (χ2n) is 2.09. The van der Waals surface area contributed by atoms with Crippen molar-refractivity contribution in [3.8, 4) is 0 Å². The molecule has 0 aromatic heterocycles. The van der Waals surface area contributed by atoms with Crippen molar-refractivity contribution in [3.05, 3.63) is 24.3 Å². The van der Waals surface area contributed by atoms with Crippen LogP contribution in [-0.2, 0) is 19.1 Å². The molecule has 0 saturated carbocycles. The van der Waals surface area contributed by atoms with Crippen molar-refractivity contribution in [2.75, 3.05) is 0 Å². The smallest absolute Gasteiger partial charge is 0.357 e. The number of carbonyl (C=O) groups is 3. The highest BCUT2D eigenvalue weighted by Crippen LogP contribution is 1.90. The highest BCUT2D eigenvalue weighted by atomic mass is 16.8. The summed E-state index contributed by atoms with van der Waals surface area (Å²) in [4.78, 5) is 32.0. The van der Waals surface area contributed by atoms with E-state index < -0.39 is 18.1 Å². The summed E-state index contributed by atoms with van der Waals surface area (Å²) in [6.07, 6.45) is 3.51. The van der Waals surface area contributed by atoms with Crippen molar-refractivity contribution in [1.29, 1.82) is 0 Å². The van der Waals surface area contributed by atoms with Gasteiger partial charge in [0, 0.05) is 12.2 Å². The van der Waals surface area contributed by atoms with E-state index in [0.29, 0.717) is 0 Å². The first kappa shape index (κ1) is 12.1. The normalized spacial score (nSPS) is 10.4. The first-order valence-electron chi connectivity index (χ1n) is 3.83. The molecule has 0 aromatic rings. The Labute approximate surface area is 81.0 Å².